The van der Waals surface area contributed by atoms with Gasteiger partial charge in [-0.3, -0.25) is 4.79 Å². The van der Waals surface area contributed by atoms with Crippen LogP contribution in [0.25, 0.3) is 10.8 Å². The largest absolute Gasteiger partial charge is 0.462 e. The van der Waals surface area contributed by atoms with Crippen molar-refractivity contribution in [2.45, 2.75) is 12.1 Å². The highest BCUT2D eigenvalue weighted by atomic mass is 32.2. The van der Waals surface area contributed by atoms with E-state index in [1.807, 2.05) is 42.5 Å². The fourth-order valence-corrected chi connectivity index (χ4v) is 3.09. The Morgan fingerprint density at radius 1 is 1.19 bits per heavy atom. The van der Waals surface area contributed by atoms with Crippen LogP contribution < -0.4 is 11.1 Å². The number of nitrogens with zero attached hydrogens (tertiary/aromatic N) is 2. The normalized spacial score (nSPS) is 10.6. The van der Waals surface area contributed by atoms with E-state index >= 15 is 0 Å². The van der Waals surface area contributed by atoms with Crippen LogP contribution in [0.15, 0.2) is 53.8 Å². The van der Waals surface area contributed by atoms with Gasteiger partial charge in [0.2, 0.25) is 5.91 Å². The lowest BCUT2D eigenvalue weighted by molar-refractivity contribution is -0.113. The number of anilines is 2. The molecule has 0 aliphatic carbocycles. The number of ether oxygens (including phenoxy) is 1. The van der Waals surface area contributed by atoms with Gasteiger partial charge in [-0.05, 0) is 18.4 Å². The summed E-state index contributed by atoms with van der Waals surface area (Å²) < 4.78 is 4.88. The van der Waals surface area contributed by atoms with Gasteiger partial charge < -0.3 is 15.8 Å². The van der Waals surface area contributed by atoms with E-state index < -0.39 is 5.97 Å². The fourth-order valence-electron chi connectivity index (χ4n) is 2.46. The average molecular weight is 382 g/mol. The lowest BCUT2D eigenvalue weighted by atomic mass is 10.1. The molecule has 3 N–H and O–H groups in total. The van der Waals surface area contributed by atoms with Gasteiger partial charge in [0.1, 0.15) is 11.4 Å². The number of nitrogens with two attached hydrogens (primary N) is 1. The fraction of sp³-hybridized carbons (Fsp3) is 0.158. The smallest absolute Gasteiger partial charge is 0.343 e. The molecule has 1 heterocycles. The second-order valence-corrected chi connectivity index (χ2v) is 6.48. The molecule has 0 unspecified atom stereocenters. The van der Waals surface area contributed by atoms with Crippen molar-refractivity contribution in [2.24, 2.45) is 0 Å². The molecule has 138 valence electrons. The molecule has 0 atom stereocenters. The van der Waals surface area contributed by atoms with E-state index in [-0.39, 0.29) is 29.6 Å². The number of carbonyl (C=O) groups is 2. The van der Waals surface area contributed by atoms with Crippen LogP contribution in [-0.2, 0) is 9.53 Å². The molecular weight excluding hydrogens is 364 g/mol. The van der Waals surface area contributed by atoms with Crippen molar-refractivity contribution in [3.05, 3.63) is 54.2 Å². The Kier molecular flexibility index (Phi) is 5.87. The Morgan fingerprint density at radius 2 is 1.96 bits per heavy atom. The van der Waals surface area contributed by atoms with Crippen molar-refractivity contribution < 1.29 is 14.3 Å². The summed E-state index contributed by atoms with van der Waals surface area (Å²) in [5, 5.41) is 5.23. The molecule has 27 heavy (non-hydrogen) atoms. The SMILES string of the molecule is CCOC(=O)c1cnc(SCC(=O)Nc2cccc3ccccc23)nc1N. The maximum Gasteiger partial charge on any atom is 0.343 e. The van der Waals surface area contributed by atoms with Crippen molar-refractivity contribution in [2.75, 3.05) is 23.4 Å². The molecule has 0 radical (unpaired) electrons. The van der Waals surface area contributed by atoms with Crippen LogP contribution in [0.2, 0.25) is 0 Å². The highest BCUT2D eigenvalue weighted by Crippen LogP contribution is 2.23. The number of benzene rings is 2. The summed E-state index contributed by atoms with van der Waals surface area (Å²) in [5.74, 6) is -0.616. The number of carbonyl (C=O) groups excluding carboxylic acids is 2. The predicted molar refractivity (Wildman–Crippen MR) is 106 cm³/mol. The summed E-state index contributed by atoms with van der Waals surface area (Å²) in [5.41, 5.74) is 6.64. The van der Waals surface area contributed by atoms with Crippen LogP contribution in [0, 0.1) is 0 Å². The minimum absolute atomic E-state index is 0.0282. The second-order valence-electron chi connectivity index (χ2n) is 5.54. The Balaban J connectivity index is 1.64. The van der Waals surface area contributed by atoms with Crippen LogP contribution in [0.1, 0.15) is 17.3 Å². The minimum Gasteiger partial charge on any atom is -0.462 e. The molecule has 7 nitrogen and oxygen atoms in total. The van der Waals surface area contributed by atoms with Crippen LogP contribution in [0.3, 0.4) is 0 Å². The number of amides is 1. The Labute approximate surface area is 160 Å². The van der Waals surface area contributed by atoms with Gasteiger partial charge in [-0.15, -0.1) is 0 Å². The van der Waals surface area contributed by atoms with E-state index in [2.05, 4.69) is 15.3 Å². The van der Waals surface area contributed by atoms with Crippen LogP contribution >= 0.6 is 11.8 Å². The number of aromatic nitrogens is 2. The first kappa shape index (κ1) is 18.7. The summed E-state index contributed by atoms with van der Waals surface area (Å²) in [7, 11) is 0. The number of rotatable bonds is 6. The third-order valence-corrected chi connectivity index (χ3v) is 4.55. The molecule has 3 aromatic rings. The summed E-state index contributed by atoms with van der Waals surface area (Å²) in [6.07, 6.45) is 1.31. The third-order valence-electron chi connectivity index (χ3n) is 3.69. The van der Waals surface area contributed by atoms with E-state index in [1.54, 1.807) is 6.92 Å². The first-order valence-electron chi connectivity index (χ1n) is 8.28. The van der Waals surface area contributed by atoms with E-state index in [4.69, 9.17) is 10.5 Å². The van der Waals surface area contributed by atoms with E-state index in [0.29, 0.717) is 5.16 Å². The number of nitrogen functional groups attached to an aromatic ring is 1. The molecule has 0 aliphatic rings. The van der Waals surface area contributed by atoms with Gasteiger partial charge in [0.25, 0.3) is 0 Å². The van der Waals surface area contributed by atoms with E-state index in [0.717, 1.165) is 28.2 Å². The highest BCUT2D eigenvalue weighted by Gasteiger charge is 2.14. The number of hydrogen-bond donors (Lipinski definition) is 2. The van der Waals surface area contributed by atoms with Gasteiger partial charge in [-0.2, -0.15) is 0 Å². The zero-order chi connectivity index (χ0) is 19.2. The maximum atomic E-state index is 12.3. The summed E-state index contributed by atoms with van der Waals surface area (Å²) in [6.45, 7) is 1.94. The summed E-state index contributed by atoms with van der Waals surface area (Å²) >= 11 is 1.13. The molecule has 0 bridgehead atoms. The molecule has 1 aromatic heterocycles. The summed E-state index contributed by atoms with van der Waals surface area (Å²) in [6, 6.07) is 13.6. The topological polar surface area (TPSA) is 107 Å². The molecule has 3 rings (SSSR count). The van der Waals surface area contributed by atoms with Crippen LogP contribution in [-0.4, -0.2) is 34.2 Å². The quantitative estimate of drug-likeness (QED) is 0.383. The molecule has 2 aromatic carbocycles. The number of fused-ring (bicyclic) bond motifs is 1. The van der Waals surface area contributed by atoms with Crippen molar-refractivity contribution in [1.82, 2.24) is 9.97 Å². The molecule has 0 saturated heterocycles. The van der Waals surface area contributed by atoms with Gasteiger partial charge in [0, 0.05) is 17.3 Å². The van der Waals surface area contributed by atoms with Gasteiger partial charge in [0.15, 0.2) is 5.16 Å². The molecule has 0 aliphatic heterocycles. The van der Waals surface area contributed by atoms with Crippen LogP contribution in [0.4, 0.5) is 11.5 Å². The van der Waals surface area contributed by atoms with E-state index in [1.165, 1.54) is 6.20 Å². The van der Waals surface area contributed by atoms with Gasteiger partial charge in [-0.25, -0.2) is 14.8 Å². The van der Waals surface area contributed by atoms with Crippen LogP contribution in [0.5, 0.6) is 0 Å². The molecular formula is C19H18N4O3S. The lowest BCUT2D eigenvalue weighted by Crippen LogP contribution is -2.15. The van der Waals surface area contributed by atoms with Gasteiger partial charge in [-0.1, -0.05) is 48.2 Å². The van der Waals surface area contributed by atoms with Crippen molar-refractivity contribution in [3.63, 3.8) is 0 Å². The monoisotopic (exact) mass is 382 g/mol. The predicted octanol–water partition coefficient (Wildman–Crippen LogP) is 3.12. The second kappa shape index (κ2) is 8.50. The Hall–Kier alpha value is -3.13. The molecule has 0 spiro atoms. The zero-order valence-corrected chi connectivity index (χ0v) is 15.5. The average Bonchev–Trinajstić information content (AvgIpc) is 2.67. The Bertz CT molecular complexity index is 988. The maximum absolute atomic E-state index is 12.3. The lowest BCUT2D eigenvalue weighted by Gasteiger charge is -2.09. The Morgan fingerprint density at radius 3 is 2.74 bits per heavy atom. The number of thioether (sulfide) groups is 1. The molecule has 1 amide bonds. The third kappa shape index (κ3) is 4.53. The van der Waals surface area contributed by atoms with Crippen molar-refractivity contribution >= 4 is 45.9 Å². The van der Waals surface area contributed by atoms with Crippen molar-refractivity contribution in [3.8, 4) is 0 Å². The zero-order valence-electron chi connectivity index (χ0n) is 14.6. The molecule has 8 heteroatoms. The first-order valence-corrected chi connectivity index (χ1v) is 9.27. The van der Waals surface area contributed by atoms with Crippen molar-refractivity contribution in [1.29, 1.82) is 0 Å². The summed E-state index contributed by atoms with van der Waals surface area (Å²) in [4.78, 5) is 32.1. The first-order chi connectivity index (χ1) is 13.1. The highest BCUT2D eigenvalue weighted by molar-refractivity contribution is 7.99. The molecule has 0 saturated carbocycles. The molecule has 0 fully saturated rings. The standard InChI is InChI=1S/C19H18N4O3S/c1-2-26-18(25)14-10-21-19(23-17(14)20)27-11-16(24)22-15-9-5-7-12-6-3-4-8-13(12)15/h3-10H,2,11H2,1H3,(H,22,24)(H2,20,21,23). The van der Waals surface area contributed by atoms with Gasteiger partial charge in [0.05, 0.1) is 12.4 Å². The van der Waals surface area contributed by atoms with E-state index in [9.17, 15) is 9.59 Å². The van der Waals surface area contributed by atoms with Gasteiger partial charge >= 0.3 is 5.97 Å². The minimum atomic E-state index is -0.569. The number of nitrogens with one attached hydrogen (secondary N) is 1. The number of hydrogen-bond acceptors (Lipinski definition) is 7. The number of esters is 1.